The molecule has 1 aliphatic carbocycles. The fourth-order valence-electron chi connectivity index (χ4n) is 2.90. The van der Waals surface area contributed by atoms with Crippen LogP contribution in [0.2, 0.25) is 0 Å². The molecule has 5 heteroatoms. The lowest BCUT2D eigenvalue weighted by atomic mass is 9.84. The monoisotopic (exact) mass is 278 g/mol. The van der Waals surface area contributed by atoms with Crippen molar-refractivity contribution in [3.63, 3.8) is 0 Å². The van der Waals surface area contributed by atoms with E-state index in [9.17, 15) is 10.1 Å². The lowest BCUT2D eigenvalue weighted by Gasteiger charge is -2.29. The zero-order valence-electron chi connectivity index (χ0n) is 12.1. The molecule has 1 N–H and O–H groups in total. The number of nitrogens with zero attached hydrogens (tertiary/aromatic N) is 1. The summed E-state index contributed by atoms with van der Waals surface area (Å²) in [5, 5.41) is 14.3. The first-order valence-electron chi connectivity index (χ1n) is 7.20. The summed E-state index contributed by atoms with van der Waals surface area (Å²) in [6.45, 7) is 2.15. The SMILES string of the molecule is COc1cc(NC(C)C2CCCCC2)cc([N+](=O)[O-])c1. The van der Waals surface area contributed by atoms with Gasteiger partial charge in [0.2, 0.25) is 0 Å². The molecule has 0 spiro atoms. The Labute approximate surface area is 119 Å². The van der Waals surface area contributed by atoms with Crippen LogP contribution < -0.4 is 10.1 Å². The zero-order chi connectivity index (χ0) is 14.5. The van der Waals surface area contributed by atoms with E-state index in [-0.39, 0.29) is 10.6 Å². The molecular weight excluding hydrogens is 256 g/mol. The van der Waals surface area contributed by atoms with Gasteiger partial charge in [0.25, 0.3) is 5.69 Å². The highest BCUT2D eigenvalue weighted by atomic mass is 16.6. The molecule has 1 aromatic carbocycles. The highest BCUT2D eigenvalue weighted by Gasteiger charge is 2.20. The van der Waals surface area contributed by atoms with Gasteiger partial charge < -0.3 is 10.1 Å². The molecular formula is C15H22N2O3. The third-order valence-corrected chi connectivity index (χ3v) is 4.09. The van der Waals surface area contributed by atoms with E-state index in [1.165, 1.54) is 45.3 Å². The third-order valence-electron chi connectivity index (χ3n) is 4.09. The molecule has 1 fully saturated rings. The average molecular weight is 278 g/mol. The number of non-ortho nitro benzene ring substituents is 1. The fourth-order valence-corrected chi connectivity index (χ4v) is 2.90. The van der Waals surface area contributed by atoms with Crippen LogP contribution in [0.25, 0.3) is 0 Å². The number of anilines is 1. The van der Waals surface area contributed by atoms with Gasteiger partial charge in [-0.05, 0) is 25.7 Å². The first-order valence-corrected chi connectivity index (χ1v) is 7.20. The molecule has 0 saturated heterocycles. The van der Waals surface area contributed by atoms with Crippen molar-refractivity contribution in [3.8, 4) is 5.75 Å². The van der Waals surface area contributed by atoms with Gasteiger partial charge in [0, 0.05) is 23.9 Å². The van der Waals surface area contributed by atoms with Gasteiger partial charge in [0.1, 0.15) is 5.75 Å². The van der Waals surface area contributed by atoms with Crippen LogP contribution in [0.4, 0.5) is 11.4 Å². The van der Waals surface area contributed by atoms with E-state index in [1.807, 2.05) is 6.07 Å². The molecule has 1 unspecified atom stereocenters. The summed E-state index contributed by atoms with van der Waals surface area (Å²) in [6, 6.07) is 5.15. The van der Waals surface area contributed by atoms with E-state index in [4.69, 9.17) is 4.74 Å². The lowest BCUT2D eigenvalue weighted by molar-refractivity contribution is -0.384. The summed E-state index contributed by atoms with van der Waals surface area (Å²) in [6.07, 6.45) is 6.37. The smallest absolute Gasteiger partial charge is 0.275 e. The maximum atomic E-state index is 10.9. The van der Waals surface area contributed by atoms with Crippen LogP contribution in [0.1, 0.15) is 39.0 Å². The highest BCUT2D eigenvalue weighted by Crippen LogP contribution is 2.30. The lowest BCUT2D eigenvalue weighted by Crippen LogP contribution is -2.27. The summed E-state index contributed by atoms with van der Waals surface area (Å²) < 4.78 is 5.13. The van der Waals surface area contributed by atoms with Crippen molar-refractivity contribution in [1.82, 2.24) is 0 Å². The zero-order valence-corrected chi connectivity index (χ0v) is 12.1. The third kappa shape index (κ3) is 3.62. The topological polar surface area (TPSA) is 64.4 Å². The van der Waals surface area contributed by atoms with Crippen LogP contribution in [-0.2, 0) is 0 Å². The number of nitrogens with one attached hydrogen (secondary N) is 1. The molecule has 1 saturated carbocycles. The normalized spacial score (nSPS) is 17.5. The van der Waals surface area contributed by atoms with Crippen molar-refractivity contribution in [1.29, 1.82) is 0 Å². The Balaban J connectivity index is 2.11. The van der Waals surface area contributed by atoms with Crippen molar-refractivity contribution in [2.45, 2.75) is 45.1 Å². The molecule has 0 bridgehead atoms. The molecule has 1 aliphatic rings. The van der Waals surface area contributed by atoms with Gasteiger partial charge in [0.15, 0.2) is 0 Å². The number of methoxy groups -OCH3 is 1. The second kappa shape index (κ2) is 6.59. The number of nitro benzene ring substituents is 1. The van der Waals surface area contributed by atoms with Crippen LogP contribution in [0.5, 0.6) is 5.75 Å². The summed E-state index contributed by atoms with van der Waals surface area (Å²) >= 11 is 0. The van der Waals surface area contributed by atoms with Crippen LogP contribution in [0.15, 0.2) is 18.2 Å². The van der Waals surface area contributed by atoms with E-state index >= 15 is 0 Å². The molecule has 0 aromatic heterocycles. The number of rotatable bonds is 5. The van der Waals surface area contributed by atoms with Crippen LogP contribution in [0, 0.1) is 16.0 Å². The van der Waals surface area contributed by atoms with Gasteiger partial charge >= 0.3 is 0 Å². The van der Waals surface area contributed by atoms with Gasteiger partial charge in [-0.3, -0.25) is 10.1 Å². The molecule has 2 rings (SSSR count). The Morgan fingerprint density at radius 3 is 2.60 bits per heavy atom. The van der Waals surface area contributed by atoms with Crippen molar-refractivity contribution in [2.24, 2.45) is 5.92 Å². The number of nitro groups is 1. The van der Waals surface area contributed by atoms with Crippen molar-refractivity contribution in [2.75, 3.05) is 12.4 Å². The Kier molecular flexibility index (Phi) is 4.82. The first-order chi connectivity index (χ1) is 9.60. The number of hydrogen-bond acceptors (Lipinski definition) is 4. The largest absolute Gasteiger partial charge is 0.496 e. The minimum atomic E-state index is -0.390. The predicted octanol–water partition coefficient (Wildman–Crippen LogP) is 3.98. The minimum absolute atomic E-state index is 0.0581. The molecule has 0 aliphatic heterocycles. The minimum Gasteiger partial charge on any atom is -0.496 e. The second-order valence-electron chi connectivity index (χ2n) is 5.51. The van der Waals surface area contributed by atoms with Crippen molar-refractivity contribution >= 4 is 11.4 Å². The Morgan fingerprint density at radius 1 is 1.30 bits per heavy atom. The maximum Gasteiger partial charge on any atom is 0.275 e. The first kappa shape index (κ1) is 14.6. The average Bonchev–Trinajstić information content (AvgIpc) is 2.47. The molecule has 0 heterocycles. The summed E-state index contributed by atoms with van der Waals surface area (Å²) in [5.74, 6) is 1.16. The molecule has 20 heavy (non-hydrogen) atoms. The summed E-state index contributed by atoms with van der Waals surface area (Å²) in [4.78, 5) is 10.5. The standard InChI is InChI=1S/C15H22N2O3/c1-11(12-6-4-3-5-7-12)16-13-8-14(17(18)19)10-15(9-13)20-2/h8-12,16H,3-7H2,1-2H3. The number of benzene rings is 1. The molecule has 1 atom stereocenters. The van der Waals surface area contributed by atoms with Gasteiger partial charge in [-0.1, -0.05) is 19.3 Å². The van der Waals surface area contributed by atoms with E-state index in [1.54, 1.807) is 6.07 Å². The quantitative estimate of drug-likeness (QED) is 0.653. The van der Waals surface area contributed by atoms with Gasteiger partial charge in [-0.15, -0.1) is 0 Å². The van der Waals surface area contributed by atoms with Gasteiger partial charge in [-0.25, -0.2) is 0 Å². The molecule has 0 radical (unpaired) electrons. The van der Waals surface area contributed by atoms with Gasteiger partial charge in [0.05, 0.1) is 18.1 Å². The number of ether oxygens (including phenoxy) is 1. The molecule has 0 amide bonds. The fraction of sp³-hybridized carbons (Fsp3) is 0.600. The predicted molar refractivity (Wildman–Crippen MR) is 79.3 cm³/mol. The van der Waals surface area contributed by atoms with Gasteiger partial charge in [-0.2, -0.15) is 0 Å². The Hall–Kier alpha value is -1.78. The Morgan fingerprint density at radius 2 is 2.00 bits per heavy atom. The van der Waals surface area contributed by atoms with E-state index in [0.717, 1.165) is 5.69 Å². The van der Waals surface area contributed by atoms with Crippen molar-refractivity contribution in [3.05, 3.63) is 28.3 Å². The van der Waals surface area contributed by atoms with Crippen LogP contribution in [0.3, 0.4) is 0 Å². The molecule has 5 nitrogen and oxygen atoms in total. The Bertz CT molecular complexity index is 470. The highest BCUT2D eigenvalue weighted by molar-refractivity contribution is 5.56. The maximum absolute atomic E-state index is 10.9. The van der Waals surface area contributed by atoms with E-state index < -0.39 is 0 Å². The summed E-state index contributed by atoms with van der Waals surface area (Å²) in [7, 11) is 1.52. The van der Waals surface area contributed by atoms with Crippen molar-refractivity contribution < 1.29 is 9.66 Å². The molecule has 1 aromatic rings. The van der Waals surface area contributed by atoms with Crippen LogP contribution in [-0.4, -0.2) is 18.1 Å². The summed E-state index contributed by atoms with van der Waals surface area (Å²) in [5.41, 5.74) is 0.816. The second-order valence-corrected chi connectivity index (χ2v) is 5.51. The number of hydrogen-bond donors (Lipinski definition) is 1. The van der Waals surface area contributed by atoms with Crippen LogP contribution >= 0.6 is 0 Å². The van der Waals surface area contributed by atoms with E-state index in [2.05, 4.69) is 12.2 Å². The van der Waals surface area contributed by atoms with E-state index in [0.29, 0.717) is 17.7 Å². The molecule has 110 valence electrons.